The summed E-state index contributed by atoms with van der Waals surface area (Å²) in [4.78, 5) is 0. The summed E-state index contributed by atoms with van der Waals surface area (Å²) in [7, 11) is 0. The summed E-state index contributed by atoms with van der Waals surface area (Å²) in [5.41, 5.74) is 0.507. The van der Waals surface area contributed by atoms with Gasteiger partial charge in [-0.05, 0) is 30.7 Å². The summed E-state index contributed by atoms with van der Waals surface area (Å²) in [6.45, 7) is 2.83. The lowest BCUT2D eigenvalue weighted by molar-refractivity contribution is 0.0254. The third-order valence-corrected chi connectivity index (χ3v) is 5.52. The molecule has 138 valence electrons. The number of benzene rings is 2. The molecule has 1 unspecified atom stereocenters. The molecule has 2 aromatic carbocycles. The van der Waals surface area contributed by atoms with Crippen molar-refractivity contribution in [2.24, 2.45) is 0 Å². The molecular formula is C18H18F3N3OS. The van der Waals surface area contributed by atoms with Gasteiger partial charge in [-0.15, -0.1) is 0 Å². The highest BCUT2D eigenvalue weighted by Crippen LogP contribution is 2.51. The van der Waals surface area contributed by atoms with Crippen LogP contribution in [0.1, 0.15) is 6.42 Å². The summed E-state index contributed by atoms with van der Waals surface area (Å²) in [6.07, 6.45) is 0.796. The van der Waals surface area contributed by atoms with E-state index in [1.807, 2.05) is 4.31 Å². The molecule has 0 bridgehead atoms. The minimum Gasteiger partial charge on any atom is -0.376 e. The minimum absolute atomic E-state index is 0.0700. The van der Waals surface area contributed by atoms with Gasteiger partial charge in [0.2, 0.25) is 0 Å². The van der Waals surface area contributed by atoms with Crippen LogP contribution in [-0.2, 0) is 4.74 Å². The van der Waals surface area contributed by atoms with Crippen LogP contribution in [0.4, 0.5) is 30.2 Å². The van der Waals surface area contributed by atoms with E-state index in [2.05, 4.69) is 5.32 Å². The van der Waals surface area contributed by atoms with Crippen LogP contribution in [0, 0.1) is 17.5 Å². The van der Waals surface area contributed by atoms with Gasteiger partial charge in [0.15, 0.2) is 11.6 Å². The van der Waals surface area contributed by atoms with Crippen molar-refractivity contribution in [3.05, 3.63) is 53.8 Å². The average molecular weight is 381 g/mol. The van der Waals surface area contributed by atoms with Crippen molar-refractivity contribution in [3.63, 3.8) is 0 Å². The smallest absolute Gasteiger partial charge is 0.150 e. The van der Waals surface area contributed by atoms with Crippen LogP contribution in [0.5, 0.6) is 0 Å². The van der Waals surface area contributed by atoms with Gasteiger partial charge in [-0.2, -0.15) is 0 Å². The predicted molar refractivity (Wildman–Crippen MR) is 97.1 cm³/mol. The van der Waals surface area contributed by atoms with Crippen molar-refractivity contribution in [2.75, 3.05) is 34.9 Å². The molecule has 1 saturated heterocycles. The Labute approximate surface area is 154 Å². The Morgan fingerprint density at radius 3 is 2.42 bits per heavy atom. The SMILES string of the molecule is Fc1cccc(F)c1N1SN(CCC2CNCCO2)c2cccc(F)c21. The van der Waals surface area contributed by atoms with Gasteiger partial charge >= 0.3 is 0 Å². The first-order valence-corrected chi connectivity index (χ1v) is 9.19. The molecule has 4 rings (SSSR count). The number of hydrogen-bond donors (Lipinski definition) is 1. The third kappa shape index (κ3) is 3.24. The fraction of sp³-hybridized carbons (Fsp3) is 0.333. The first-order valence-electron chi connectivity index (χ1n) is 8.46. The molecule has 0 amide bonds. The van der Waals surface area contributed by atoms with Gasteiger partial charge in [0.05, 0.1) is 30.5 Å². The van der Waals surface area contributed by atoms with Crippen LogP contribution in [0.15, 0.2) is 36.4 Å². The second kappa shape index (κ2) is 7.38. The number of rotatable bonds is 4. The molecule has 0 aromatic heterocycles. The summed E-state index contributed by atoms with van der Waals surface area (Å²) < 4.78 is 51.9. The molecule has 2 aromatic rings. The Kier molecular flexibility index (Phi) is 4.97. The highest BCUT2D eigenvalue weighted by Gasteiger charge is 2.34. The Bertz CT molecular complexity index is 781. The van der Waals surface area contributed by atoms with Crippen LogP contribution in [0.2, 0.25) is 0 Å². The van der Waals surface area contributed by atoms with Crippen molar-refractivity contribution in [1.82, 2.24) is 5.32 Å². The maximum Gasteiger partial charge on any atom is 0.150 e. The van der Waals surface area contributed by atoms with Crippen molar-refractivity contribution < 1.29 is 17.9 Å². The van der Waals surface area contributed by atoms with Gasteiger partial charge in [-0.1, -0.05) is 12.1 Å². The third-order valence-electron chi connectivity index (χ3n) is 4.42. The number of para-hydroxylation sites is 2. The number of nitrogens with zero attached hydrogens (tertiary/aromatic N) is 2. The van der Waals surface area contributed by atoms with Crippen molar-refractivity contribution in [3.8, 4) is 0 Å². The van der Waals surface area contributed by atoms with E-state index in [4.69, 9.17) is 4.74 Å². The first-order chi connectivity index (χ1) is 12.6. The number of hydrogen-bond acceptors (Lipinski definition) is 5. The van der Waals surface area contributed by atoms with E-state index in [0.29, 0.717) is 18.8 Å². The van der Waals surface area contributed by atoms with Gasteiger partial charge in [-0.3, -0.25) is 8.61 Å². The molecule has 1 atom stereocenters. The molecule has 0 aliphatic carbocycles. The van der Waals surface area contributed by atoms with E-state index >= 15 is 0 Å². The van der Waals surface area contributed by atoms with Crippen molar-refractivity contribution >= 4 is 29.2 Å². The Hall–Kier alpha value is -1.90. The monoisotopic (exact) mass is 381 g/mol. The fourth-order valence-electron chi connectivity index (χ4n) is 3.15. The molecule has 8 heteroatoms. The second-order valence-corrected chi connectivity index (χ2v) is 7.11. The standard InChI is InChI=1S/C18H18F3N3OS/c19-13-3-1-4-14(20)17(13)24-18-15(21)5-2-6-16(18)23(26-24)9-7-12-11-22-8-10-25-12/h1-6,12,22H,7-11H2. The van der Waals surface area contributed by atoms with E-state index in [1.54, 1.807) is 12.1 Å². The van der Waals surface area contributed by atoms with E-state index in [1.165, 1.54) is 28.6 Å². The molecule has 0 spiro atoms. The van der Waals surface area contributed by atoms with Gasteiger partial charge < -0.3 is 10.1 Å². The van der Waals surface area contributed by atoms with Gasteiger partial charge in [-0.25, -0.2) is 13.2 Å². The maximum absolute atomic E-state index is 14.5. The van der Waals surface area contributed by atoms with Crippen molar-refractivity contribution in [2.45, 2.75) is 12.5 Å². The van der Waals surface area contributed by atoms with E-state index < -0.39 is 17.5 Å². The number of fused-ring (bicyclic) bond motifs is 1. The first kappa shape index (κ1) is 17.5. The maximum atomic E-state index is 14.5. The minimum atomic E-state index is -0.728. The van der Waals surface area contributed by atoms with Gasteiger partial charge in [0, 0.05) is 19.6 Å². The highest BCUT2D eigenvalue weighted by molar-refractivity contribution is 8.02. The Morgan fingerprint density at radius 2 is 1.73 bits per heavy atom. The van der Waals surface area contributed by atoms with Crippen LogP contribution in [-0.4, -0.2) is 32.3 Å². The summed E-state index contributed by atoms with van der Waals surface area (Å²) in [6, 6.07) is 8.28. The highest BCUT2D eigenvalue weighted by atomic mass is 32.2. The molecule has 26 heavy (non-hydrogen) atoms. The molecular weight excluding hydrogens is 363 g/mol. The van der Waals surface area contributed by atoms with Crippen LogP contribution in [0.3, 0.4) is 0 Å². The summed E-state index contributed by atoms with van der Waals surface area (Å²) >= 11 is 1.09. The normalized spacial score (nSPS) is 19.7. The average Bonchev–Trinajstić information content (AvgIpc) is 3.01. The van der Waals surface area contributed by atoms with Crippen LogP contribution in [0.25, 0.3) is 0 Å². The zero-order chi connectivity index (χ0) is 18.1. The number of halogens is 3. The lowest BCUT2D eigenvalue weighted by Gasteiger charge is -2.26. The van der Waals surface area contributed by atoms with E-state index in [9.17, 15) is 13.2 Å². The molecule has 1 fully saturated rings. The molecule has 2 aliphatic heterocycles. The lowest BCUT2D eigenvalue weighted by atomic mass is 10.2. The van der Waals surface area contributed by atoms with Crippen LogP contribution >= 0.6 is 12.1 Å². The Balaban J connectivity index is 1.62. The summed E-state index contributed by atoms with van der Waals surface area (Å²) in [5.74, 6) is -1.97. The quantitative estimate of drug-likeness (QED) is 0.808. The van der Waals surface area contributed by atoms with Crippen LogP contribution < -0.4 is 13.9 Å². The largest absolute Gasteiger partial charge is 0.376 e. The number of nitrogens with one attached hydrogen (secondary N) is 1. The molecule has 0 radical (unpaired) electrons. The van der Waals surface area contributed by atoms with Gasteiger partial charge in [0.25, 0.3) is 0 Å². The topological polar surface area (TPSA) is 27.7 Å². The molecule has 4 nitrogen and oxygen atoms in total. The molecule has 1 N–H and O–H groups in total. The number of ether oxygens (including phenoxy) is 1. The lowest BCUT2D eigenvalue weighted by Crippen LogP contribution is -2.39. The fourth-order valence-corrected chi connectivity index (χ4v) is 4.29. The number of anilines is 3. The second-order valence-electron chi connectivity index (χ2n) is 6.14. The summed E-state index contributed by atoms with van der Waals surface area (Å²) in [5, 5.41) is 3.27. The predicted octanol–water partition coefficient (Wildman–Crippen LogP) is 4.00. The van der Waals surface area contributed by atoms with E-state index in [-0.39, 0.29) is 17.5 Å². The van der Waals surface area contributed by atoms with Crippen molar-refractivity contribution in [1.29, 1.82) is 0 Å². The molecule has 0 saturated carbocycles. The zero-order valence-corrected chi connectivity index (χ0v) is 14.7. The zero-order valence-electron chi connectivity index (χ0n) is 13.9. The van der Waals surface area contributed by atoms with E-state index in [0.717, 1.165) is 31.6 Å². The molecule has 2 heterocycles. The van der Waals surface area contributed by atoms with Gasteiger partial charge in [0.1, 0.15) is 17.2 Å². The molecule has 2 aliphatic rings. The Morgan fingerprint density at radius 1 is 1.04 bits per heavy atom. The number of morpholine rings is 1.